The first-order valence-corrected chi connectivity index (χ1v) is 8.83. The van der Waals surface area contributed by atoms with Crippen molar-refractivity contribution in [2.24, 2.45) is 0 Å². The van der Waals surface area contributed by atoms with E-state index in [9.17, 15) is 9.18 Å². The number of halogens is 1. The van der Waals surface area contributed by atoms with Gasteiger partial charge in [-0.3, -0.25) is 4.79 Å². The van der Waals surface area contributed by atoms with E-state index in [0.29, 0.717) is 18.7 Å². The molecule has 1 N–H and O–H groups in total. The number of hydrogen-bond acceptors (Lipinski definition) is 2. The molecule has 0 aliphatic carbocycles. The number of methoxy groups -OCH3 is 1. The summed E-state index contributed by atoms with van der Waals surface area (Å²) >= 11 is 0. The third-order valence-electron chi connectivity index (χ3n) is 4.48. The second-order valence-electron chi connectivity index (χ2n) is 6.46. The number of amides is 1. The smallest absolute Gasteiger partial charge is 0.253 e. The molecular weight excluding hydrogens is 343 g/mol. The molecule has 0 aliphatic heterocycles. The minimum atomic E-state index is -0.290. The molecule has 0 bridgehead atoms. The first-order chi connectivity index (χ1) is 13.0. The van der Waals surface area contributed by atoms with E-state index in [1.165, 1.54) is 12.1 Å². The topological polar surface area (TPSA) is 43.3 Å². The molecule has 3 aromatic rings. The molecule has 0 unspecified atom stereocenters. The standard InChI is InChI=1S/C22H23FN2O2/c1-15-5-4-6-19(13-15)25-16(2)20(22(26)24-11-12-27-3)14-21(25)17-7-9-18(23)10-8-17/h4-10,13-14H,11-12H2,1-3H3,(H,24,26). The summed E-state index contributed by atoms with van der Waals surface area (Å²) in [6, 6.07) is 16.2. The van der Waals surface area contributed by atoms with Crippen molar-refractivity contribution in [3.05, 3.63) is 77.2 Å². The molecule has 0 fully saturated rings. The van der Waals surface area contributed by atoms with Crippen LogP contribution in [0.2, 0.25) is 0 Å². The van der Waals surface area contributed by atoms with Gasteiger partial charge in [-0.1, -0.05) is 12.1 Å². The summed E-state index contributed by atoms with van der Waals surface area (Å²) in [7, 11) is 1.60. The zero-order chi connectivity index (χ0) is 19.4. The summed E-state index contributed by atoms with van der Waals surface area (Å²) in [4.78, 5) is 12.6. The van der Waals surface area contributed by atoms with Gasteiger partial charge in [0, 0.05) is 25.0 Å². The summed E-state index contributed by atoms with van der Waals surface area (Å²) < 4.78 is 20.4. The molecule has 0 atom stereocenters. The van der Waals surface area contributed by atoms with Crippen LogP contribution in [0.4, 0.5) is 4.39 Å². The van der Waals surface area contributed by atoms with Crippen molar-refractivity contribution >= 4 is 5.91 Å². The Labute approximate surface area is 158 Å². The first kappa shape index (κ1) is 18.9. The van der Waals surface area contributed by atoms with Gasteiger partial charge in [-0.05, 0) is 67.4 Å². The van der Waals surface area contributed by atoms with E-state index in [2.05, 4.69) is 11.4 Å². The van der Waals surface area contributed by atoms with Crippen LogP contribution in [0.1, 0.15) is 21.6 Å². The molecule has 1 heterocycles. The quantitative estimate of drug-likeness (QED) is 0.662. The fourth-order valence-corrected chi connectivity index (χ4v) is 3.13. The lowest BCUT2D eigenvalue weighted by Gasteiger charge is -2.13. The van der Waals surface area contributed by atoms with E-state index < -0.39 is 0 Å². The van der Waals surface area contributed by atoms with Crippen LogP contribution in [-0.4, -0.2) is 30.7 Å². The van der Waals surface area contributed by atoms with Crippen LogP contribution in [0.25, 0.3) is 16.9 Å². The zero-order valence-electron chi connectivity index (χ0n) is 15.8. The van der Waals surface area contributed by atoms with E-state index in [-0.39, 0.29) is 11.7 Å². The van der Waals surface area contributed by atoms with Gasteiger partial charge >= 0.3 is 0 Å². The van der Waals surface area contributed by atoms with Crippen LogP contribution in [0, 0.1) is 19.7 Å². The first-order valence-electron chi connectivity index (χ1n) is 8.83. The second kappa shape index (κ2) is 8.18. The Morgan fingerprint density at radius 1 is 1.11 bits per heavy atom. The minimum absolute atomic E-state index is 0.153. The summed E-state index contributed by atoms with van der Waals surface area (Å²) in [5, 5.41) is 2.87. The van der Waals surface area contributed by atoms with E-state index in [0.717, 1.165) is 28.2 Å². The molecule has 0 spiro atoms. The van der Waals surface area contributed by atoms with Crippen molar-refractivity contribution in [2.75, 3.05) is 20.3 Å². The Balaban J connectivity index is 2.11. The third kappa shape index (κ3) is 4.09. The van der Waals surface area contributed by atoms with Gasteiger partial charge in [-0.2, -0.15) is 0 Å². The highest BCUT2D eigenvalue weighted by atomic mass is 19.1. The molecule has 1 amide bonds. The molecule has 2 aromatic carbocycles. The fourth-order valence-electron chi connectivity index (χ4n) is 3.13. The van der Waals surface area contributed by atoms with Gasteiger partial charge in [-0.25, -0.2) is 4.39 Å². The van der Waals surface area contributed by atoms with Crippen LogP contribution in [0.5, 0.6) is 0 Å². The molecule has 4 nitrogen and oxygen atoms in total. The number of carbonyl (C=O) groups is 1. The molecule has 0 aliphatic rings. The summed E-state index contributed by atoms with van der Waals surface area (Å²) in [6.07, 6.45) is 0. The van der Waals surface area contributed by atoms with Crippen LogP contribution in [0.15, 0.2) is 54.6 Å². The van der Waals surface area contributed by atoms with Crippen molar-refractivity contribution in [1.82, 2.24) is 9.88 Å². The summed E-state index contributed by atoms with van der Waals surface area (Å²) in [6.45, 7) is 4.84. The molecule has 140 valence electrons. The van der Waals surface area contributed by atoms with Crippen LogP contribution < -0.4 is 5.32 Å². The molecule has 0 saturated carbocycles. The van der Waals surface area contributed by atoms with Crippen molar-refractivity contribution in [1.29, 1.82) is 0 Å². The van der Waals surface area contributed by atoms with Gasteiger partial charge in [-0.15, -0.1) is 0 Å². The molecule has 27 heavy (non-hydrogen) atoms. The van der Waals surface area contributed by atoms with Gasteiger partial charge in [0.05, 0.1) is 17.9 Å². The highest BCUT2D eigenvalue weighted by Gasteiger charge is 2.19. The average molecular weight is 366 g/mol. The Morgan fingerprint density at radius 3 is 2.52 bits per heavy atom. The van der Waals surface area contributed by atoms with Gasteiger partial charge < -0.3 is 14.6 Å². The number of ether oxygens (including phenoxy) is 1. The number of aromatic nitrogens is 1. The predicted molar refractivity (Wildman–Crippen MR) is 105 cm³/mol. The second-order valence-corrected chi connectivity index (χ2v) is 6.46. The number of benzene rings is 2. The number of nitrogens with one attached hydrogen (secondary N) is 1. The summed E-state index contributed by atoms with van der Waals surface area (Å²) in [5.41, 5.74) is 5.19. The van der Waals surface area contributed by atoms with Gasteiger partial charge in [0.2, 0.25) is 0 Å². The number of aryl methyl sites for hydroxylation is 1. The number of nitrogens with zero attached hydrogens (tertiary/aromatic N) is 1. The fraction of sp³-hybridized carbons (Fsp3) is 0.227. The van der Waals surface area contributed by atoms with Crippen LogP contribution in [0.3, 0.4) is 0 Å². The number of carbonyl (C=O) groups excluding carboxylic acids is 1. The maximum Gasteiger partial charge on any atom is 0.253 e. The minimum Gasteiger partial charge on any atom is -0.383 e. The summed E-state index contributed by atoms with van der Waals surface area (Å²) in [5.74, 6) is -0.444. The van der Waals surface area contributed by atoms with Crippen molar-refractivity contribution in [3.63, 3.8) is 0 Å². The largest absolute Gasteiger partial charge is 0.383 e. The maximum absolute atomic E-state index is 13.4. The molecule has 0 saturated heterocycles. The molecule has 5 heteroatoms. The van der Waals surface area contributed by atoms with Gasteiger partial charge in [0.1, 0.15) is 5.82 Å². The van der Waals surface area contributed by atoms with E-state index in [1.807, 2.05) is 42.7 Å². The Hall–Kier alpha value is -2.92. The molecular formula is C22H23FN2O2. The Kier molecular flexibility index (Phi) is 5.72. The lowest BCUT2D eigenvalue weighted by molar-refractivity contribution is 0.0936. The van der Waals surface area contributed by atoms with Crippen molar-refractivity contribution in [2.45, 2.75) is 13.8 Å². The van der Waals surface area contributed by atoms with Crippen molar-refractivity contribution < 1.29 is 13.9 Å². The maximum atomic E-state index is 13.4. The monoisotopic (exact) mass is 366 g/mol. The van der Waals surface area contributed by atoms with E-state index >= 15 is 0 Å². The average Bonchev–Trinajstić information content (AvgIpc) is 3.00. The lowest BCUT2D eigenvalue weighted by Crippen LogP contribution is -2.27. The van der Waals surface area contributed by atoms with Gasteiger partial charge in [0.15, 0.2) is 0 Å². The number of rotatable bonds is 6. The van der Waals surface area contributed by atoms with E-state index in [4.69, 9.17) is 4.74 Å². The van der Waals surface area contributed by atoms with Crippen LogP contribution in [-0.2, 0) is 4.74 Å². The Bertz CT molecular complexity index is 945. The highest BCUT2D eigenvalue weighted by Crippen LogP contribution is 2.30. The molecule has 1 aromatic heterocycles. The van der Waals surface area contributed by atoms with Crippen LogP contribution >= 0.6 is 0 Å². The third-order valence-corrected chi connectivity index (χ3v) is 4.48. The molecule has 3 rings (SSSR count). The highest BCUT2D eigenvalue weighted by molar-refractivity contribution is 5.97. The van der Waals surface area contributed by atoms with E-state index in [1.54, 1.807) is 19.2 Å². The normalized spacial score (nSPS) is 10.8. The zero-order valence-corrected chi connectivity index (χ0v) is 15.8. The predicted octanol–water partition coefficient (Wildman–Crippen LogP) is 4.28. The van der Waals surface area contributed by atoms with Gasteiger partial charge in [0.25, 0.3) is 5.91 Å². The Morgan fingerprint density at radius 2 is 1.85 bits per heavy atom. The lowest BCUT2D eigenvalue weighted by atomic mass is 10.1. The number of hydrogen-bond donors (Lipinski definition) is 1. The SMILES string of the molecule is COCCNC(=O)c1cc(-c2ccc(F)cc2)n(-c2cccc(C)c2)c1C. The molecule has 0 radical (unpaired) electrons. The van der Waals surface area contributed by atoms with Crippen molar-refractivity contribution in [3.8, 4) is 16.9 Å².